The molecule has 1 N–H and O–H groups in total. The van der Waals surface area contributed by atoms with E-state index in [2.05, 4.69) is 19.9 Å². The third-order valence-electron chi connectivity index (χ3n) is 10.6. The molecule has 1 heterocycles. The number of ether oxygens (including phenoxy) is 1. The minimum atomic E-state index is -0.120. The minimum absolute atomic E-state index is 0.120. The van der Waals surface area contributed by atoms with Crippen LogP contribution >= 0.6 is 11.6 Å². The molecule has 6 rings (SSSR count). The van der Waals surface area contributed by atoms with Gasteiger partial charge in [0.2, 0.25) is 5.90 Å². The predicted molar refractivity (Wildman–Crippen MR) is 134 cm³/mol. The molecule has 3 saturated carbocycles. The number of benzene rings is 1. The Morgan fingerprint density at radius 3 is 2.58 bits per heavy atom. The molecule has 0 saturated heterocycles. The van der Waals surface area contributed by atoms with Crippen molar-refractivity contribution in [3.63, 3.8) is 0 Å². The van der Waals surface area contributed by atoms with Gasteiger partial charge in [-0.2, -0.15) is 0 Å². The van der Waals surface area contributed by atoms with Crippen LogP contribution in [0.5, 0.6) is 0 Å². The predicted octanol–water partition coefficient (Wildman–Crippen LogP) is 6.82. The van der Waals surface area contributed by atoms with Gasteiger partial charge in [-0.15, -0.1) is 0 Å². The molecule has 0 bridgehead atoms. The smallest absolute Gasteiger partial charge is 0.216 e. The average molecular weight is 468 g/mol. The highest BCUT2D eigenvalue weighted by Crippen LogP contribution is 2.67. The summed E-state index contributed by atoms with van der Waals surface area (Å²) in [7, 11) is 0. The number of aliphatic hydroxyl groups is 1. The molecule has 0 aromatic heterocycles. The number of hydrogen-bond donors (Lipinski definition) is 1. The first-order valence-corrected chi connectivity index (χ1v) is 13.6. The first-order valence-electron chi connectivity index (χ1n) is 13.2. The van der Waals surface area contributed by atoms with E-state index >= 15 is 0 Å². The van der Waals surface area contributed by atoms with Crippen LogP contribution in [0, 0.1) is 34.5 Å². The summed E-state index contributed by atoms with van der Waals surface area (Å²) in [6.07, 6.45) is 13.3. The van der Waals surface area contributed by atoms with Crippen LogP contribution in [0.25, 0.3) is 0 Å². The molecule has 1 aromatic rings. The van der Waals surface area contributed by atoms with Crippen LogP contribution < -0.4 is 0 Å². The third kappa shape index (κ3) is 3.52. The van der Waals surface area contributed by atoms with Gasteiger partial charge in [-0.25, -0.2) is 0 Å². The molecule has 178 valence electrons. The maximum absolute atomic E-state index is 10.3. The normalized spacial score (nSPS) is 44.6. The summed E-state index contributed by atoms with van der Waals surface area (Å²) in [5.41, 5.74) is 3.30. The van der Waals surface area contributed by atoms with Gasteiger partial charge in [0.15, 0.2) is 0 Å². The summed E-state index contributed by atoms with van der Waals surface area (Å²) in [4.78, 5) is 4.73. The highest BCUT2D eigenvalue weighted by molar-refractivity contribution is 6.30. The molecule has 3 fully saturated rings. The standard InChI is InChI=1S/C29H38ClNO2/c1-28-14-11-21(32)17-19(28)5-8-22-23-9-10-25(29(23,2)15-12-24(22)28)26-13-16-31-27(33-26)18-3-6-20(30)7-4-18/h3-7,21-26,32H,8-17H2,1-2H3/t21-,22-,23-,24-,25+,26?,28-,29-/m0/s1. The van der Waals surface area contributed by atoms with Gasteiger partial charge in [-0.05, 0) is 104 Å². The van der Waals surface area contributed by atoms with Crippen LogP contribution in [0.3, 0.4) is 0 Å². The van der Waals surface area contributed by atoms with Gasteiger partial charge < -0.3 is 9.84 Å². The second-order valence-corrected chi connectivity index (χ2v) is 12.5. The lowest BCUT2D eigenvalue weighted by molar-refractivity contribution is -0.0698. The quantitative estimate of drug-likeness (QED) is 0.485. The molecule has 0 amide bonds. The lowest BCUT2D eigenvalue weighted by Gasteiger charge is -2.58. The van der Waals surface area contributed by atoms with E-state index in [1.165, 1.54) is 38.5 Å². The van der Waals surface area contributed by atoms with Crippen molar-refractivity contribution < 1.29 is 9.84 Å². The third-order valence-corrected chi connectivity index (χ3v) is 10.9. The van der Waals surface area contributed by atoms with E-state index in [1.54, 1.807) is 5.57 Å². The lowest BCUT2D eigenvalue weighted by Crippen LogP contribution is -2.51. The lowest BCUT2D eigenvalue weighted by atomic mass is 9.47. The zero-order valence-electron chi connectivity index (χ0n) is 20.1. The van der Waals surface area contributed by atoms with Crippen LogP contribution in [-0.2, 0) is 4.74 Å². The van der Waals surface area contributed by atoms with Crippen molar-refractivity contribution in [2.45, 2.75) is 83.8 Å². The van der Waals surface area contributed by atoms with Crippen LogP contribution in [0.15, 0.2) is 40.9 Å². The SMILES string of the molecule is C[C@]12CC[C@H]3[C@@H](CC=C4C[C@@H](O)CC[C@@]43C)[C@@H]1CC[C@@H]2C1CCN=C(c2ccc(Cl)cc2)O1. The second-order valence-electron chi connectivity index (χ2n) is 12.0. The molecule has 33 heavy (non-hydrogen) atoms. The average Bonchev–Trinajstić information content (AvgIpc) is 3.17. The number of hydrogen-bond acceptors (Lipinski definition) is 3. The molecule has 5 aliphatic rings. The van der Waals surface area contributed by atoms with E-state index in [1.807, 2.05) is 24.3 Å². The molecule has 1 unspecified atom stereocenters. The zero-order chi connectivity index (χ0) is 22.8. The highest BCUT2D eigenvalue weighted by Gasteiger charge is 2.60. The molecule has 4 aliphatic carbocycles. The van der Waals surface area contributed by atoms with E-state index in [4.69, 9.17) is 21.3 Å². The monoisotopic (exact) mass is 467 g/mol. The van der Waals surface area contributed by atoms with Gasteiger partial charge in [0.05, 0.1) is 6.10 Å². The maximum Gasteiger partial charge on any atom is 0.216 e. The van der Waals surface area contributed by atoms with Crippen molar-refractivity contribution in [2.24, 2.45) is 39.5 Å². The fourth-order valence-electron chi connectivity index (χ4n) is 8.86. The number of aliphatic hydroxyl groups excluding tert-OH is 1. The Kier molecular flexibility index (Phi) is 5.46. The van der Waals surface area contributed by atoms with Gasteiger partial charge >= 0.3 is 0 Å². The Bertz CT molecular complexity index is 970. The number of halogens is 1. The topological polar surface area (TPSA) is 41.8 Å². The first kappa shape index (κ1) is 22.2. The Labute approximate surface area is 203 Å². The molecular formula is C29H38ClNO2. The number of rotatable bonds is 2. The summed E-state index contributed by atoms with van der Waals surface area (Å²) in [6, 6.07) is 7.91. The molecule has 8 atom stereocenters. The summed E-state index contributed by atoms with van der Waals surface area (Å²) in [5.74, 6) is 3.81. The molecule has 0 spiro atoms. The molecule has 1 aromatic carbocycles. The number of fused-ring (bicyclic) bond motifs is 5. The largest absolute Gasteiger partial charge is 0.474 e. The van der Waals surface area contributed by atoms with Gasteiger partial charge in [-0.1, -0.05) is 37.1 Å². The van der Waals surface area contributed by atoms with Crippen molar-refractivity contribution in [1.82, 2.24) is 0 Å². The van der Waals surface area contributed by atoms with Crippen molar-refractivity contribution >= 4 is 17.5 Å². The van der Waals surface area contributed by atoms with Crippen LogP contribution in [0.2, 0.25) is 5.02 Å². The summed E-state index contributed by atoms with van der Waals surface area (Å²) >= 11 is 6.10. The Balaban J connectivity index is 1.22. The highest BCUT2D eigenvalue weighted by atomic mass is 35.5. The van der Waals surface area contributed by atoms with E-state index in [0.29, 0.717) is 16.7 Å². The molecule has 4 heteroatoms. The molecular weight excluding hydrogens is 430 g/mol. The van der Waals surface area contributed by atoms with Crippen LogP contribution in [-0.4, -0.2) is 29.8 Å². The van der Waals surface area contributed by atoms with Gasteiger partial charge in [0.1, 0.15) is 6.10 Å². The number of nitrogens with zero attached hydrogens (tertiary/aromatic N) is 1. The Hall–Kier alpha value is -1.32. The van der Waals surface area contributed by atoms with Crippen LogP contribution in [0.1, 0.15) is 77.2 Å². The summed E-state index contributed by atoms with van der Waals surface area (Å²) in [5, 5.41) is 11.0. The van der Waals surface area contributed by atoms with Crippen molar-refractivity contribution in [3.05, 3.63) is 46.5 Å². The molecule has 3 nitrogen and oxygen atoms in total. The summed E-state index contributed by atoms with van der Waals surface area (Å²) in [6.45, 7) is 5.98. The van der Waals surface area contributed by atoms with Crippen LogP contribution in [0.4, 0.5) is 0 Å². The summed E-state index contributed by atoms with van der Waals surface area (Å²) < 4.78 is 6.63. The van der Waals surface area contributed by atoms with E-state index in [0.717, 1.165) is 60.0 Å². The fourth-order valence-corrected chi connectivity index (χ4v) is 8.99. The van der Waals surface area contributed by atoms with Gasteiger partial charge in [0, 0.05) is 29.5 Å². The van der Waals surface area contributed by atoms with Crippen molar-refractivity contribution in [3.8, 4) is 0 Å². The minimum Gasteiger partial charge on any atom is -0.474 e. The zero-order valence-corrected chi connectivity index (χ0v) is 20.9. The maximum atomic E-state index is 10.3. The number of aliphatic imine (C=N–C) groups is 1. The molecule has 1 aliphatic heterocycles. The van der Waals surface area contributed by atoms with Crippen molar-refractivity contribution in [1.29, 1.82) is 0 Å². The fraction of sp³-hybridized carbons (Fsp3) is 0.690. The van der Waals surface area contributed by atoms with Gasteiger partial charge in [-0.3, -0.25) is 4.99 Å². The second kappa shape index (κ2) is 8.12. The van der Waals surface area contributed by atoms with E-state index in [9.17, 15) is 5.11 Å². The Morgan fingerprint density at radius 2 is 1.76 bits per heavy atom. The van der Waals surface area contributed by atoms with Gasteiger partial charge in [0.25, 0.3) is 0 Å². The molecule has 0 radical (unpaired) electrons. The van der Waals surface area contributed by atoms with E-state index < -0.39 is 0 Å². The number of allylic oxidation sites excluding steroid dienone is 1. The first-order chi connectivity index (χ1) is 15.9. The van der Waals surface area contributed by atoms with E-state index in [-0.39, 0.29) is 12.2 Å². The Morgan fingerprint density at radius 1 is 0.970 bits per heavy atom. The van der Waals surface area contributed by atoms with Crippen molar-refractivity contribution in [2.75, 3.05) is 6.54 Å².